The minimum atomic E-state index is -0.190. The van der Waals surface area contributed by atoms with Gasteiger partial charge in [-0.3, -0.25) is 14.6 Å². The van der Waals surface area contributed by atoms with E-state index in [2.05, 4.69) is 31.5 Å². The Bertz CT molecular complexity index is 460. The fourth-order valence-electron chi connectivity index (χ4n) is 1.49. The monoisotopic (exact) mass is 311 g/mol. The van der Waals surface area contributed by atoms with Gasteiger partial charge < -0.3 is 10.6 Å². The third-order valence-corrected chi connectivity index (χ3v) is 3.06. The molecule has 0 aromatic carbocycles. The highest BCUT2D eigenvalue weighted by atomic mass is 79.9. The molecule has 5 nitrogen and oxygen atoms in total. The lowest BCUT2D eigenvalue weighted by Crippen LogP contribution is -2.35. The summed E-state index contributed by atoms with van der Waals surface area (Å²) in [5.41, 5.74) is 0.498. The van der Waals surface area contributed by atoms with Crippen LogP contribution in [0.3, 0.4) is 0 Å². The summed E-state index contributed by atoms with van der Waals surface area (Å²) < 4.78 is 0.761. The summed E-state index contributed by atoms with van der Waals surface area (Å²) in [5.74, 6) is 0.104. The first-order valence-corrected chi connectivity index (χ1v) is 6.62. The number of aromatic nitrogens is 1. The van der Waals surface area contributed by atoms with Crippen LogP contribution in [-0.2, 0) is 4.79 Å². The molecule has 0 aliphatic heterocycles. The Balaban J connectivity index is 1.69. The molecular formula is C12H14BrN3O2. The summed E-state index contributed by atoms with van der Waals surface area (Å²) in [5, 5.41) is 5.51. The fraction of sp³-hybridized carbons (Fsp3) is 0.417. The largest absolute Gasteiger partial charge is 0.354 e. The van der Waals surface area contributed by atoms with E-state index in [1.807, 2.05) is 0 Å². The molecule has 1 aliphatic carbocycles. The van der Waals surface area contributed by atoms with Gasteiger partial charge in [0, 0.05) is 35.9 Å². The summed E-state index contributed by atoms with van der Waals surface area (Å²) in [7, 11) is 0. The van der Waals surface area contributed by atoms with Gasteiger partial charge in [0.15, 0.2) is 0 Å². The van der Waals surface area contributed by atoms with Gasteiger partial charge in [-0.05, 0) is 34.8 Å². The Morgan fingerprint density at radius 2 is 2.00 bits per heavy atom. The second-order valence-electron chi connectivity index (χ2n) is 4.21. The molecule has 0 spiro atoms. The van der Waals surface area contributed by atoms with Gasteiger partial charge in [0.1, 0.15) is 0 Å². The van der Waals surface area contributed by atoms with Crippen molar-refractivity contribution >= 4 is 27.7 Å². The lowest BCUT2D eigenvalue weighted by molar-refractivity contribution is -0.122. The van der Waals surface area contributed by atoms with Crippen LogP contribution in [0.1, 0.15) is 23.2 Å². The molecule has 18 heavy (non-hydrogen) atoms. The fourth-order valence-corrected chi connectivity index (χ4v) is 1.85. The molecule has 6 heteroatoms. The van der Waals surface area contributed by atoms with Crippen LogP contribution in [0.5, 0.6) is 0 Å². The molecule has 96 valence electrons. The maximum absolute atomic E-state index is 11.7. The zero-order chi connectivity index (χ0) is 13.0. The van der Waals surface area contributed by atoms with Crippen molar-refractivity contribution in [1.82, 2.24) is 15.6 Å². The average Bonchev–Trinajstić information content (AvgIpc) is 3.18. The lowest BCUT2D eigenvalue weighted by atomic mass is 10.3. The SMILES string of the molecule is O=C(NCCNC(=O)C1CC1)c1cncc(Br)c1. The molecule has 1 saturated carbocycles. The van der Waals surface area contributed by atoms with Crippen LogP contribution in [0.15, 0.2) is 22.9 Å². The third-order valence-electron chi connectivity index (χ3n) is 2.62. The molecule has 0 unspecified atom stereocenters. The van der Waals surface area contributed by atoms with E-state index in [-0.39, 0.29) is 17.7 Å². The van der Waals surface area contributed by atoms with Gasteiger partial charge >= 0.3 is 0 Å². The Morgan fingerprint density at radius 3 is 2.67 bits per heavy atom. The molecular weight excluding hydrogens is 298 g/mol. The molecule has 2 rings (SSSR count). The van der Waals surface area contributed by atoms with Crippen LogP contribution in [0.2, 0.25) is 0 Å². The van der Waals surface area contributed by atoms with Crippen molar-refractivity contribution in [2.24, 2.45) is 5.92 Å². The minimum absolute atomic E-state index is 0.0911. The molecule has 1 heterocycles. The van der Waals surface area contributed by atoms with Crippen molar-refractivity contribution in [3.8, 4) is 0 Å². The highest BCUT2D eigenvalue weighted by Crippen LogP contribution is 2.28. The molecule has 2 N–H and O–H groups in total. The van der Waals surface area contributed by atoms with Crippen LogP contribution in [0.4, 0.5) is 0 Å². The number of hydrogen-bond donors (Lipinski definition) is 2. The number of carbonyl (C=O) groups excluding carboxylic acids is 2. The highest BCUT2D eigenvalue weighted by Gasteiger charge is 2.28. The average molecular weight is 312 g/mol. The van der Waals surface area contributed by atoms with Crippen molar-refractivity contribution in [2.75, 3.05) is 13.1 Å². The molecule has 0 atom stereocenters. The van der Waals surface area contributed by atoms with E-state index in [4.69, 9.17) is 0 Å². The predicted molar refractivity (Wildman–Crippen MR) is 70.0 cm³/mol. The number of amides is 2. The molecule has 1 aromatic rings. The highest BCUT2D eigenvalue weighted by molar-refractivity contribution is 9.10. The van der Waals surface area contributed by atoms with Crippen molar-refractivity contribution in [3.63, 3.8) is 0 Å². The van der Waals surface area contributed by atoms with E-state index in [0.717, 1.165) is 17.3 Å². The molecule has 2 amide bonds. The number of rotatable bonds is 5. The summed E-state index contributed by atoms with van der Waals surface area (Å²) in [6.07, 6.45) is 5.10. The molecule has 1 aromatic heterocycles. The Labute approximate surface area is 113 Å². The van der Waals surface area contributed by atoms with E-state index < -0.39 is 0 Å². The molecule has 0 saturated heterocycles. The van der Waals surface area contributed by atoms with Crippen molar-refractivity contribution in [1.29, 1.82) is 0 Å². The quantitative estimate of drug-likeness (QED) is 0.800. The first-order chi connectivity index (χ1) is 8.66. The number of hydrogen-bond acceptors (Lipinski definition) is 3. The van der Waals surface area contributed by atoms with E-state index in [1.165, 1.54) is 6.20 Å². The Kier molecular flexibility index (Phi) is 4.30. The normalized spacial score (nSPS) is 14.1. The first kappa shape index (κ1) is 13.0. The van der Waals surface area contributed by atoms with Gasteiger partial charge in [-0.15, -0.1) is 0 Å². The topological polar surface area (TPSA) is 71.1 Å². The second-order valence-corrected chi connectivity index (χ2v) is 5.13. The zero-order valence-electron chi connectivity index (χ0n) is 9.78. The Hall–Kier alpha value is -1.43. The van der Waals surface area contributed by atoms with Gasteiger partial charge in [-0.1, -0.05) is 0 Å². The molecule has 1 fully saturated rings. The second kappa shape index (κ2) is 5.95. The molecule has 1 aliphatic rings. The van der Waals surface area contributed by atoms with Crippen LogP contribution in [0.25, 0.3) is 0 Å². The Morgan fingerprint density at radius 1 is 1.28 bits per heavy atom. The van der Waals surface area contributed by atoms with Crippen LogP contribution in [-0.4, -0.2) is 29.9 Å². The maximum Gasteiger partial charge on any atom is 0.252 e. The summed E-state index contributed by atoms with van der Waals surface area (Å²) in [6, 6.07) is 1.70. The minimum Gasteiger partial charge on any atom is -0.354 e. The first-order valence-electron chi connectivity index (χ1n) is 5.83. The van der Waals surface area contributed by atoms with E-state index in [1.54, 1.807) is 12.3 Å². The number of nitrogens with one attached hydrogen (secondary N) is 2. The van der Waals surface area contributed by atoms with Gasteiger partial charge in [-0.2, -0.15) is 0 Å². The van der Waals surface area contributed by atoms with E-state index in [9.17, 15) is 9.59 Å². The number of nitrogens with zero attached hydrogens (tertiary/aromatic N) is 1. The van der Waals surface area contributed by atoms with Gasteiger partial charge in [0.05, 0.1) is 5.56 Å². The third kappa shape index (κ3) is 3.80. The number of pyridine rings is 1. The summed E-state index contributed by atoms with van der Waals surface area (Å²) >= 11 is 3.25. The standard InChI is InChI=1S/C12H14BrN3O2/c13-10-5-9(6-14-7-10)12(18)16-4-3-15-11(17)8-1-2-8/h5-8H,1-4H2,(H,15,17)(H,16,18). The number of carbonyl (C=O) groups is 2. The lowest BCUT2D eigenvalue weighted by Gasteiger charge is -2.06. The van der Waals surface area contributed by atoms with Gasteiger partial charge in [0.2, 0.25) is 5.91 Å². The van der Waals surface area contributed by atoms with Crippen LogP contribution in [0, 0.1) is 5.92 Å². The van der Waals surface area contributed by atoms with Crippen molar-refractivity contribution in [3.05, 3.63) is 28.5 Å². The van der Waals surface area contributed by atoms with Crippen LogP contribution >= 0.6 is 15.9 Å². The van der Waals surface area contributed by atoms with Crippen LogP contribution < -0.4 is 10.6 Å². The van der Waals surface area contributed by atoms with Crippen molar-refractivity contribution in [2.45, 2.75) is 12.8 Å². The summed E-state index contributed by atoms with van der Waals surface area (Å²) in [4.78, 5) is 26.9. The number of halogens is 1. The van der Waals surface area contributed by atoms with Gasteiger partial charge in [0.25, 0.3) is 5.91 Å². The predicted octanol–water partition coefficient (Wildman–Crippen LogP) is 1.10. The summed E-state index contributed by atoms with van der Waals surface area (Å²) in [6.45, 7) is 0.881. The molecule has 0 radical (unpaired) electrons. The van der Waals surface area contributed by atoms with Gasteiger partial charge in [-0.25, -0.2) is 0 Å². The van der Waals surface area contributed by atoms with E-state index in [0.29, 0.717) is 18.7 Å². The molecule has 0 bridgehead atoms. The van der Waals surface area contributed by atoms with E-state index >= 15 is 0 Å². The van der Waals surface area contributed by atoms with Crippen molar-refractivity contribution < 1.29 is 9.59 Å². The zero-order valence-corrected chi connectivity index (χ0v) is 11.4. The maximum atomic E-state index is 11.7. The smallest absolute Gasteiger partial charge is 0.252 e.